The summed E-state index contributed by atoms with van der Waals surface area (Å²) in [5.41, 5.74) is 0. The summed E-state index contributed by atoms with van der Waals surface area (Å²) in [7, 11) is 0. The van der Waals surface area contributed by atoms with Crippen LogP contribution in [-0.4, -0.2) is 32.0 Å². The van der Waals surface area contributed by atoms with Gasteiger partial charge in [-0.1, -0.05) is 0 Å². The summed E-state index contributed by atoms with van der Waals surface area (Å²) in [4.78, 5) is 10.9. The van der Waals surface area contributed by atoms with Crippen LogP contribution in [0, 0.1) is 0 Å². The molecule has 0 saturated carbocycles. The number of aliphatic hydroxyl groups is 1. The Morgan fingerprint density at radius 2 is 2.25 bits per heavy atom. The number of esters is 1. The van der Waals surface area contributed by atoms with Crippen LogP contribution < -0.4 is 0 Å². The number of rotatable bonds is 3. The van der Waals surface area contributed by atoms with Crippen LogP contribution in [0.25, 0.3) is 0 Å². The van der Waals surface area contributed by atoms with Gasteiger partial charge in [0.25, 0.3) is 0 Å². The summed E-state index contributed by atoms with van der Waals surface area (Å²) in [6, 6.07) is 0. The van der Waals surface area contributed by atoms with Crippen LogP contribution >= 0.6 is 0 Å². The van der Waals surface area contributed by atoms with Gasteiger partial charge in [-0.2, -0.15) is 0 Å². The van der Waals surface area contributed by atoms with Crippen molar-refractivity contribution in [3.05, 3.63) is 24.5 Å². The number of aliphatic hydroxyl groups excluding tert-OH is 1. The molecule has 0 aromatic rings. The fourth-order valence-electron chi connectivity index (χ4n) is 0.451. The number of carbonyl (C=O) groups excluding carboxylic acids is 1. The molecule has 0 fully saturated rings. The maximum atomic E-state index is 10.9. The molecule has 0 rings (SSSR count). The summed E-state index contributed by atoms with van der Waals surface area (Å²) in [5, 5.41) is 8.73. The van der Waals surface area contributed by atoms with Crippen molar-refractivity contribution < 1.29 is 14.6 Å². The fourth-order valence-corrected chi connectivity index (χ4v) is 0.662. The molecule has 0 aliphatic carbocycles. The van der Waals surface area contributed by atoms with Crippen LogP contribution in [0.4, 0.5) is 0 Å². The van der Waals surface area contributed by atoms with E-state index in [2.05, 4.69) is 6.58 Å². The molecular formula is C8H11GeO3. The first kappa shape index (κ1) is 11.3. The predicted octanol–water partition coefficient (Wildman–Crippen LogP) is 1.06. The zero-order valence-electron chi connectivity index (χ0n) is 7.13. The van der Waals surface area contributed by atoms with E-state index in [-0.39, 0.29) is 5.76 Å². The summed E-state index contributed by atoms with van der Waals surface area (Å²) in [6.45, 7) is 6.62. The Bertz CT molecular complexity index is 214. The van der Waals surface area contributed by atoms with Crippen LogP contribution in [0.1, 0.15) is 13.8 Å². The zero-order chi connectivity index (χ0) is 9.78. The first-order valence-electron chi connectivity index (χ1n) is 3.36. The summed E-state index contributed by atoms with van der Waals surface area (Å²) >= 11 is 1.71. The van der Waals surface area contributed by atoms with Gasteiger partial charge in [-0.05, 0) is 0 Å². The molecule has 65 valence electrons. The summed E-state index contributed by atoms with van der Waals surface area (Å²) < 4.78 is 4.21. The van der Waals surface area contributed by atoms with Crippen molar-refractivity contribution in [3.8, 4) is 0 Å². The zero-order valence-corrected chi connectivity index (χ0v) is 9.22. The molecule has 0 saturated heterocycles. The molecule has 0 amide bonds. The molecule has 1 atom stereocenters. The SMILES string of the molecule is C=C[C](C)([Ge])OC(=O)C=C(C)O. The van der Waals surface area contributed by atoms with Gasteiger partial charge in [0.05, 0.1) is 0 Å². The average Bonchev–Trinajstić information content (AvgIpc) is 1.84. The van der Waals surface area contributed by atoms with E-state index in [9.17, 15) is 4.79 Å². The normalized spacial score (nSPS) is 16.4. The quantitative estimate of drug-likeness (QED) is 0.258. The van der Waals surface area contributed by atoms with Crippen molar-refractivity contribution in [2.75, 3.05) is 0 Å². The van der Waals surface area contributed by atoms with Crippen molar-refractivity contribution in [3.63, 3.8) is 0 Å². The third kappa shape index (κ3) is 5.01. The molecular weight excluding hydrogens is 217 g/mol. The van der Waals surface area contributed by atoms with Crippen molar-refractivity contribution >= 4 is 22.5 Å². The van der Waals surface area contributed by atoms with E-state index in [0.29, 0.717) is 0 Å². The molecule has 1 unspecified atom stereocenters. The van der Waals surface area contributed by atoms with Crippen molar-refractivity contribution in [1.82, 2.24) is 0 Å². The van der Waals surface area contributed by atoms with Crippen LogP contribution in [0.5, 0.6) is 0 Å². The Morgan fingerprint density at radius 1 is 1.75 bits per heavy atom. The minimum atomic E-state index is -0.691. The van der Waals surface area contributed by atoms with E-state index >= 15 is 0 Å². The minimum absolute atomic E-state index is 0.0696. The average molecular weight is 228 g/mol. The molecule has 1 N–H and O–H groups in total. The summed E-state index contributed by atoms with van der Waals surface area (Å²) in [5.74, 6) is -0.639. The van der Waals surface area contributed by atoms with Crippen LogP contribution in [0.15, 0.2) is 24.5 Å². The maximum absolute atomic E-state index is 10.9. The Labute approximate surface area is 80.3 Å². The van der Waals surface area contributed by atoms with Crippen LogP contribution in [0.2, 0.25) is 0 Å². The Kier molecular flexibility index (Phi) is 4.09. The standard InChI is InChI=1S/C8H11GeO3/c1-4-8(3,9)12-7(11)5-6(2)10/h4-5,10H,1H2,2-3H3. The van der Waals surface area contributed by atoms with Crippen molar-refractivity contribution in [2.45, 2.75) is 18.3 Å². The molecule has 12 heavy (non-hydrogen) atoms. The van der Waals surface area contributed by atoms with Gasteiger partial charge < -0.3 is 0 Å². The van der Waals surface area contributed by atoms with Gasteiger partial charge in [0, 0.05) is 0 Å². The van der Waals surface area contributed by atoms with Crippen molar-refractivity contribution in [1.29, 1.82) is 0 Å². The molecule has 0 aromatic carbocycles. The van der Waals surface area contributed by atoms with Crippen LogP contribution in [-0.2, 0) is 9.53 Å². The second kappa shape index (κ2) is 4.35. The number of allylic oxidation sites excluding steroid dienone is 1. The first-order valence-corrected chi connectivity index (χ1v) is 4.41. The molecule has 0 aliphatic rings. The third-order valence-electron chi connectivity index (χ3n) is 1.03. The number of hydrogen-bond acceptors (Lipinski definition) is 3. The Balaban J connectivity index is 4.19. The topological polar surface area (TPSA) is 46.5 Å². The van der Waals surface area contributed by atoms with Gasteiger partial charge in [0.15, 0.2) is 0 Å². The predicted molar refractivity (Wildman–Crippen MR) is 46.8 cm³/mol. The van der Waals surface area contributed by atoms with Crippen molar-refractivity contribution in [2.24, 2.45) is 0 Å². The number of hydrogen-bond donors (Lipinski definition) is 1. The van der Waals surface area contributed by atoms with E-state index in [1.165, 1.54) is 13.0 Å². The first-order chi connectivity index (χ1) is 5.37. The summed E-state index contributed by atoms with van der Waals surface area (Å²) in [6.07, 6.45) is 2.54. The van der Waals surface area contributed by atoms with Gasteiger partial charge >= 0.3 is 79.9 Å². The van der Waals surface area contributed by atoms with E-state index < -0.39 is 10.4 Å². The molecule has 0 spiro atoms. The number of carbonyl (C=O) groups is 1. The molecule has 3 nitrogen and oxygen atoms in total. The third-order valence-corrected chi connectivity index (χ3v) is 1.67. The van der Waals surface area contributed by atoms with Gasteiger partial charge in [0.2, 0.25) is 0 Å². The Morgan fingerprint density at radius 3 is 2.58 bits per heavy atom. The molecule has 0 aromatic heterocycles. The number of ether oxygens (including phenoxy) is 1. The Hall–Kier alpha value is -0.707. The van der Waals surface area contributed by atoms with E-state index in [1.54, 1.807) is 23.4 Å². The molecule has 0 aliphatic heterocycles. The van der Waals surface area contributed by atoms with E-state index in [0.717, 1.165) is 6.08 Å². The molecule has 3 radical (unpaired) electrons. The second-order valence-corrected chi connectivity index (χ2v) is 4.60. The van der Waals surface area contributed by atoms with Gasteiger partial charge in [0.1, 0.15) is 0 Å². The van der Waals surface area contributed by atoms with Gasteiger partial charge in [-0.3, -0.25) is 0 Å². The van der Waals surface area contributed by atoms with Gasteiger partial charge in [-0.15, -0.1) is 0 Å². The second-order valence-electron chi connectivity index (χ2n) is 2.52. The molecule has 0 heterocycles. The van der Waals surface area contributed by atoms with Gasteiger partial charge in [-0.25, -0.2) is 0 Å². The monoisotopic (exact) mass is 229 g/mol. The fraction of sp³-hybridized carbons (Fsp3) is 0.375. The molecule has 0 bridgehead atoms. The van der Waals surface area contributed by atoms with E-state index in [1.807, 2.05) is 0 Å². The van der Waals surface area contributed by atoms with E-state index in [4.69, 9.17) is 9.84 Å². The molecule has 4 heteroatoms. The van der Waals surface area contributed by atoms with Crippen LogP contribution in [0.3, 0.4) is 0 Å².